The number of rotatable bonds is 2. The van der Waals surface area contributed by atoms with E-state index in [4.69, 9.17) is 9.47 Å². The van der Waals surface area contributed by atoms with Crippen LogP contribution in [0.2, 0.25) is 0 Å². The maximum atomic E-state index is 11.4. The minimum absolute atomic E-state index is 0.198. The van der Waals surface area contributed by atoms with Crippen molar-refractivity contribution in [3.8, 4) is 0 Å². The number of esters is 1. The van der Waals surface area contributed by atoms with Gasteiger partial charge in [-0.2, -0.15) is 0 Å². The summed E-state index contributed by atoms with van der Waals surface area (Å²) in [5.41, 5.74) is -0.561. The van der Waals surface area contributed by atoms with Crippen molar-refractivity contribution in [3.05, 3.63) is 12.3 Å². The summed E-state index contributed by atoms with van der Waals surface area (Å²) < 4.78 is 9.79. The molecule has 1 atom stereocenters. The predicted molar refractivity (Wildman–Crippen MR) is 44.4 cm³/mol. The van der Waals surface area contributed by atoms with Crippen LogP contribution >= 0.6 is 0 Å². The maximum Gasteiger partial charge on any atom is 0.319 e. The van der Waals surface area contributed by atoms with E-state index < -0.39 is 5.41 Å². The van der Waals surface area contributed by atoms with E-state index in [-0.39, 0.29) is 11.9 Å². The third kappa shape index (κ3) is 1.19. The van der Waals surface area contributed by atoms with E-state index in [0.717, 1.165) is 0 Å². The predicted octanol–water partition coefficient (Wildman–Crippen LogP) is 1.35. The Morgan fingerprint density at radius 1 is 1.67 bits per heavy atom. The van der Waals surface area contributed by atoms with Crippen LogP contribution in [-0.4, -0.2) is 19.7 Å². The lowest BCUT2D eigenvalue weighted by Crippen LogP contribution is -2.37. The number of carbonyl (C=O) groups is 1. The van der Waals surface area contributed by atoms with Crippen molar-refractivity contribution < 1.29 is 14.3 Å². The number of carbonyl (C=O) groups excluding carboxylic acids is 1. The number of ether oxygens (including phenoxy) is 2. The van der Waals surface area contributed by atoms with Gasteiger partial charge < -0.3 is 9.47 Å². The molecule has 3 nitrogen and oxygen atoms in total. The van der Waals surface area contributed by atoms with Crippen LogP contribution in [0, 0.1) is 11.3 Å². The van der Waals surface area contributed by atoms with E-state index in [9.17, 15) is 4.79 Å². The van der Waals surface area contributed by atoms with Gasteiger partial charge in [0.25, 0.3) is 0 Å². The molecule has 0 aromatic carbocycles. The number of methoxy groups -OCH3 is 1. The van der Waals surface area contributed by atoms with Crippen LogP contribution < -0.4 is 0 Å². The van der Waals surface area contributed by atoms with Gasteiger partial charge in [-0.15, -0.1) is 0 Å². The van der Waals surface area contributed by atoms with E-state index in [2.05, 4.69) is 0 Å². The highest BCUT2D eigenvalue weighted by atomic mass is 16.5. The van der Waals surface area contributed by atoms with Crippen LogP contribution in [0.4, 0.5) is 0 Å². The van der Waals surface area contributed by atoms with E-state index in [1.807, 2.05) is 13.8 Å². The van der Waals surface area contributed by atoms with Crippen LogP contribution in [0.25, 0.3) is 0 Å². The van der Waals surface area contributed by atoms with Gasteiger partial charge >= 0.3 is 5.97 Å². The fourth-order valence-electron chi connectivity index (χ4n) is 1.32. The quantitative estimate of drug-likeness (QED) is 0.587. The average molecular weight is 170 g/mol. The largest absolute Gasteiger partial charge is 0.500 e. The first kappa shape index (κ1) is 9.10. The van der Waals surface area contributed by atoms with Crippen molar-refractivity contribution in [1.29, 1.82) is 0 Å². The Kier molecular flexibility index (Phi) is 2.40. The molecule has 1 aliphatic heterocycles. The van der Waals surface area contributed by atoms with Gasteiger partial charge in [-0.3, -0.25) is 4.79 Å². The van der Waals surface area contributed by atoms with Crippen LogP contribution in [0.1, 0.15) is 13.8 Å². The summed E-state index contributed by atoms with van der Waals surface area (Å²) in [5.74, 6) is -0.0186. The fourth-order valence-corrected chi connectivity index (χ4v) is 1.32. The molecule has 1 rings (SSSR count). The summed E-state index contributed by atoms with van der Waals surface area (Å²) in [6.45, 7) is 4.36. The molecular formula is C9H14O3. The van der Waals surface area contributed by atoms with Gasteiger partial charge in [0.1, 0.15) is 12.0 Å². The van der Waals surface area contributed by atoms with Gasteiger partial charge in [-0.05, 0) is 12.0 Å². The summed E-state index contributed by atoms with van der Waals surface area (Å²) in [4.78, 5) is 11.4. The molecule has 0 saturated carbocycles. The molecule has 12 heavy (non-hydrogen) atoms. The lowest BCUT2D eigenvalue weighted by Gasteiger charge is -2.26. The van der Waals surface area contributed by atoms with Gasteiger partial charge in [-0.1, -0.05) is 13.8 Å². The van der Waals surface area contributed by atoms with Gasteiger partial charge in [0, 0.05) is 0 Å². The Morgan fingerprint density at radius 3 is 2.67 bits per heavy atom. The van der Waals surface area contributed by atoms with Gasteiger partial charge in [-0.25, -0.2) is 0 Å². The molecule has 1 unspecified atom stereocenters. The summed E-state index contributed by atoms with van der Waals surface area (Å²) in [7, 11) is 1.40. The first-order valence-electron chi connectivity index (χ1n) is 4.01. The summed E-state index contributed by atoms with van der Waals surface area (Å²) >= 11 is 0. The van der Waals surface area contributed by atoms with Gasteiger partial charge in [0.2, 0.25) is 0 Å². The molecule has 0 aliphatic carbocycles. The summed E-state index contributed by atoms with van der Waals surface area (Å²) in [6.07, 6.45) is 3.35. The topological polar surface area (TPSA) is 35.5 Å². The van der Waals surface area contributed by atoms with Gasteiger partial charge in [0.05, 0.1) is 13.4 Å². The van der Waals surface area contributed by atoms with Crippen molar-refractivity contribution in [2.45, 2.75) is 13.8 Å². The average Bonchev–Trinajstić information content (AvgIpc) is 2.52. The third-order valence-corrected chi connectivity index (χ3v) is 2.38. The third-order valence-electron chi connectivity index (χ3n) is 2.38. The Balaban J connectivity index is 2.87. The zero-order chi connectivity index (χ0) is 9.19. The highest BCUT2D eigenvalue weighted by molar-refractivity contribution is 5.80. The molecule has 0 bridgehead atoms. The zero-order valence-electron chi connectivity index (χ0n) is 7.66. The molecular weight excluding hydrogens is 156 g/mol. The standard InChI is InChI=1S/C9H14O3/c1-7(2)9(8(10)11-3)4-5-12-6-9/h4-5,7H,6H2,1-3H3. The van der Waals surface area contributed by atoms with Gasteiger partial charge in [0.15, 0.2) is 0 Å². The highest BCUT2D eigenvalue weighted by Gasteiger charge is 2.43. The van der Waals surface area contributed by atoms with Crippen molar-refractivity contribution in [2.24, 2.45) is 11.3 Å². The second-order valence-corrected chi connectivity index (χ2v) is 3.30. The summed E-state index contributed by atoms with van der Waals surface area (Å²) in [5, 5.41) is 0. The molecule has 0 aromatic heterocycles. The van der Waals surface area contributed by atoms with Crippen molar-refractivity contribution >= 4 is 5.97 Å². The number of hydrogen-bond donors (Lipinski definition) is 0. The van der Waals surface area contributed by atoms with Crippen LogP contribution in [-0.2, 0) is 14.3 Å². The molecule has 68 valence electrons. The van der Waals surface area contributed by atoms with E-state index in [1.54, 1.807) is 12.3 Å². The lowest BCUT2D eigenvalue weighted by molar-refractivity contribution is -0.153. The second-order valence-electron chi connectivity index (χ2n) is 3.30. The van der Waals surface area contributed by atoms with E-state index in [0.29, 0.717) is 6.61 Å². The molecule has 0 amide bonds. The van der Waals surface area contributed by atoms with E-state index >= 15 is 0 Å². The normalized spacial score (nSPS) is 27.3. The SMILES string of the molecule is COC(=O)C1(C(C)C)C=COC1. The monoisotopic (exact) mass is 170 g/mol. The maximum absolute atomic E-state index is 11.4. The molecule has 3 heteroatoms. The summed E-state index contributed by atoms with van der Waals surface area (Å²) in [6, 6.07) is 0. The Morgan fingerprint density at radius 2 is 2.33 bits per heavy atom. The molecule has 0 radical (unpaired) electrons. The molecule has 0 aromatic rings. The fraction of sp³-hybridized carbons (Fsp3) is 0.667. The van der Waals surface area contributed by atoms with Crippen LogP contribution in [0.15, 0.2) is 12.3 Å². The molecule has 0 fully saturated rings. The first-order chi connectivity index (χ1) is 5.63. The molecule has 1 heterocycles. The Labute approximate surface area is 72.4 Å². The first-order valence-corrected chi connectivity index (χ1v) is 4.01. The Hall–Kier alpha value is -0.990. The highest BCUT2D eigenvalue weighted by Crippen LogP contribution is 2.34. The lowest BCUT2D eigenvalue weighted by atomic mass is 9.79. The van der Waals surface area contributed by atoms with E-state index in [1.165, 1.54) is 7.11 Å². The minimum atomic E-state index is -0.561. The second kappa shape index (κ2) is 3.17. The smallest absolute Gasteiger partial charge is 0.319 e. The van der Waals surface area contributed by atoms with Crippen molar-refractivity contribution in [3.63, 3.8) is 0 Å². The van der Waals surface area contributed by atoms with Crippen LogP contribution in [0.3, 0.4) is 0 Å². The van der Waals surface area contributed by atoms with Crippen molar-refractivity contribution in [1.82, 2.24) is 0 Å². The number of hydrogen-bond acceptors (Lipinski definition) is 3. The molecule has 0 saturated heterocycles. The molecule has 1 aliphatic rings. The van der Waals surface area contributed by atoms with Crippen molar-refractivity contribution in [2.75, 3.05) is 13.7 Å². The Bertz CT molecular complexity index is 208. The molecule has 0 spiro atoms. The minimum Gasteiger partial charge on any atom is -0.500 e. The zero-order valence-corrected chi connectivity index (χ0v) is 7.66. The van der Waals surface area contributed by atoms with Crippen LogP contribution in [0.5, 0.6) is 0 Å². The molecule has 0 N–H and O–H groups in total.